The van der Waals surface area contributed by atoms with Gasteiger partial charge in [0.2, 0.25) is 0 Å². The lowest BCUT2D eigenvalue weighted by molar-refractivity contribution is 0.611. The molecule has 0 nitrogen and oxygen atoms in total. The summed E-state index contributed by atoms with van der Waals surface area (Å²) in [5.41, 5.74) is 0. The minimum Gasteiger partial charge on any atom is -0.0626 e. The lowest BCUT2D eigenvalue weighted by atomic mass is 10.2. The van der Waals surface area contributed by atoms with Gasteiger partial charge in [-0.05, 0) is 47.9 Å². The maximum atomic E-state index is 2.35. The lowest BCUT2D eigenvalue weighted by Crippen LogP contribution is -2.20. The van der Waals surface area contributed by atoms with Crippen molar-refractivity contribution in [1.29, 1.82) is 0 Å². The summed E-state index contributed by atoms with van der Waals surface area (Å²) < 4.78 is 0. The Balaban J connectivity index is 3.85. The van der Waals surface area contributed by atoms with Gasteiger partial charge in [0.15, 0.2) is 0 Å². The van der Waals surface area contributed by atoms with E-state index in [2.05, 4.69) is 41.5 Å². The van der Waals surface area contributed by atoms with Gasteiger partial charge in [-0.1, -0.05) is 41.5 Å². The maximum Gasteiger partial charge on any atom is 0.108 e. The average molecular weight is 245 g/mol. The van der Waals surface area contributed by atoms with Crippen molar-refractivity contribution in [3.8, 4) is 0 Å². The molecule has 0 aliphatic rings. The molecule has 0 heterocycles. The molecule has 98 valence electrons. The van der Waals surface area contributed by atoms with Crippen LogP contribution in [0.5, 0.6) is 0 Å². The van der Waals surface area contributed by atoms with E-state index in [-0.39, 0.29) is 0 Å². The largest absolute Gasteiger partial charge is 0.108 e. The molecule has 0 amide bonds. The van der Waals surface area contributed by atoms with Crippen LogP contribution < -0.4 is 0 Å². The van der Waals surface area contributed by atoms with Gasteiger partial charge in [-0.3, -0.25) is 0 Å². The van der Waals surface area contributed by atoms with E-state index in [4.69, 9.17) is 0 Å². The van der Waals surface area contributed by atoms with Gasteiger partial charge in [-0.25, -0.2) is 0 Å². The Morgan fingerprint density at radius 2 is 0.812 bits per heavy atom. The van der Waals surface area contributed by atoms with Gasteiger partial charge in [0, 0.05) is 0 Å². The Bertz CT molecular complexity index is 121. The zero-order valence-electron chi connectivity index (χ0n) is 12.4. The normalized spacial score (nSPS) is 12.4. The second-order valence-corrected chi connectivity index (χ2v) is 8.72. The quantitative estimate of drug-likeness (QED) is 0.515. The Labute approximate surface area is 107 Å². The second kappa shape index (κ2) is 9.39. The van der Waals surface area contributed by atoms with Crippen LogP contribution in [0.1, 0.15) is 60.8 Å². The first-order valence-electron chi connectivity index (χ1n) is 7.05. The Morgan fingerprint density at radius 1 is 0.562 bits per heavy atom. The highest BCUT2D eigenvalue weighted by Crippen LogP contribution is 2.14. The fourth-order valence-electron chi connectivity index (χ4n) is 1.51. The van der Waals surface area contributed by atoms with E-state index in [0.29, 0.717) is 10.9 Å². The standard InChI is InChI=1S/C15H33S/c1-13(2)7-10-16(11-8-14(3)4)12-9-15(5)6/h13-15H,7-12H2,1-6H3/q+1. The molecule has 1 heteroatoms. The topological polar surface area (TPSA) is 0 Å². The van der Waals surface area contributed by atoms with Crippen LogP contribution in [0.15, 0.2) is 0 Å². The Morgan fingerprint density at radius 3 is 1.00 bits per heavy atom. The SMILES string of the molecule is CC(C)CC[S+](CCC(C)C)CCC(C)C. The minimum absolute atomic E-state index is 0.714. The molecule has 0 fully saturated rings. The zero-order valence-corrected chi connectivity index (χ0v) is 13.2. The third-order valence-electron chi connectivity index (χ3n) is 2.95. The molecule has 0 aromatic rings. The summed E-state index contributed by atoms with van der Waals surface area (Å²) in [4.78, 5) is 0. The van der Waals surface area contributed by atoms with Crippen LogP contribution in [-0.4, -0.2) is 17.3 Å². The summed E-state index contributed by atoms with van der Waals surface area (Å²) in [7, 11) is 0.714. The molecule has 0 atom stereocenters. The van der Waals surface area contributed by atoms with Gasteiger partial charge < -0.3 is 0 Å². The van der Waals surface area contributed by atoms with E-state index in [1.54, 1.807) is 0 Å². The third-order valence-corrected chi connectivity index (χ3v) is 5.39. The minimum atomic E-state index is 0.714. The fourth-order valence-corrected chi connectivity index (χ4v) is 4.54. The van der Waals surface area contributed by atoms with Crippen molar-refractivity contribution < 1.29 is 0 Å². The fraction of sp³-hybridized carbons (Fsp3) is 1.00. The van der Waals surface area contributed by atoms with Gasteiger partial charge in [-0.2, -0.15) is 0 Å². The van der Waals surface area contributed by atoms with Gasteiger partial charge >= 0.3 is 0 Å². The molecule has 0 bridgehead atoms. The van der Waals surface area contributed by atoms with Crippen LogP contribution in [0.4, 0.5) is 0 Å². The van der Waals surface area contributed by atoms with Crippen LogP contribution in [-0.2, 0) is 10.9 Å². The van der Waals surface area contributed by atoms with Crippen molar-refractivity contribution in [2.45, 2.75) is 60.8 Å². The number of hydrogen-bond donors (Lipinski definition) is 0. The van der Waals surface area contributed by atoms with E-state index in [1.807, 2.05) is 0 Å². The summed E-state index contributed by atoms with van der Waals surface area (Å²) in [6.45, 7) is 14.1. The molecular formula is C15H33S+. The van der Waals surface area contributed by atoms with Gasteiger partial charge in [0.25, 0.3) is 0 Å². The molecule has 0 aliphatic carbocycles. The van der Waals surface area contributed by atoms with Crippen LogP contribution >= 0.6 is 0 Å². The van der Waals surface area contributed by atoms with E-state index in [1.165, 1.54) is 36.5 Å². The molecular weight excluding hydrogens is 212 g/mol. The summed E-state index contributed by atoms with van der Waals surface area (Å²) in [6, 6.07) is 0. The van der Waals surface area contributed by atoms with E-state index in [9.17, 15) is 0 Å². The smallest absolute Gasteiger partial charge is 0.0626 e. The monoisotopic (exact) mass is 245 g/mol. The summed E-state index contributed by atoms with van der Waals surface area (Å²) in [5, 5.41) is 0. The van der Waals surface area contributed by atoms with Crippen LogP contribution in [0.2, 0.25) is 0 Å². The predicted molar refractivity (Wildman–Crippen MR) is 80.3 cm³/mol. The first-order valence-corrected chi connectivity index (χ1v) is 8.79. The van der Waals surface area contributed by atoms with Crippen molar-refractivity contribution >= 4 is 10.9 Å². The average Bonchev–Trinajstić information content (AvgIpc) is 2.15. The van der Waals surface area contributed by atoms with Gasteiger partial charge in [0.1, 0.15) is 17.3 Å². The molecule has 16 heavy (non-hydrogen) atoms. The molecule has 0 saturated carbocycles. The van der Waals surface area contributed by atoms with Crippen molar-refractivity contribution in [2.75, 3.05) is 17.3 Å². The summed E-state index contributed by atoms with van der Waals surface area (Å²) >= 11 is 0. The molecule has 0 N–H and O–H groups in total. The van der Waals surface area contributed by atoms with Crippen molar-refractivity contribution in [3.63, 3.8) is 0 Å². The lowest BCUT2D eigenvalue weighted by Gasteiger charge is -2.13. The van der Waals surface area contributed by atoms with Crippen LogP contribution in [0.3, 0.4) is 0 Å². The number of hydrogen-bond acceptors (Lipinski definition) is 0. The first kappa shape index (κ1) is 16.4. The van der Waals surface area contributed by atoms with Gasteiger partial charge in [-0.15, -0.1) is 0 Å². The Hall–Kier alpha value is 0.350. The first-order chi connectivity index (χ1) is 7.41. The van der Waals surface area contributed by atoms with Crippen LogP contribution in [0.25, 0.3) is 0 Å². The predicted octanol–water partition coefficient (Wildman–Crippen LogP) is 4.74. The summed E-state index contributed by atoms with van der Waals surface area (Å²) in [5.74, 6) is 7.10. The molecule has 0 aromatic carbocycles. The Kier molecular flexibility index (Phi) is 9.59. The zero-order chi connectivity index (χ0) is 12.6. The molecule has 0 aliphatic heterocycles. The van der Waals surface area contributed by atoms with Crippen molar-refractivity contribution in [2.24, 2.45) is 17.8 Å². The van der Waals surface area contributed by atoms with Crippen LogP contribution in [0, 0.1) is 17.8 Å². The molecule has 0 aromatic heterocycles. The highest BCUT2D eigenvalue weighted by atomic mass is 32.2. The molecule has 0 spiro atoms. The summed E-state index contributed by atoms with van der Waals surface area (Å²) in [6.07, 6.45) is 4.29. The number of rotatable bonds is 9. The third kappa shape index (κ3) is 10.9. The molecule has 0 rings (SSSR count). The van der Waals surface area contributed by atoms with E-state index >= 15 is 0 Å². The molecule has 0 radical (unpaired) electrons. The maximum absolute atomic E-state index is 2.35. The van der Waals surface area contributed by atoms with Crippen molar-refractivity contribution in [1.82, 2.24) is 0 Å². The highest BCUT2D eigenvalue weighted by molar-refractivity contribution is 7.96. The molecule has 0 saturated heterocycles. The second-order valence-electron chi connectivity index (χ2n) is 6.27. The van der Waals surface area contributed by atoms with Crippen molar-refractivity contribution in [3.05, 3.63) is 0 Å². The van der Waals surface area contributed by atoms with E-state index < -0.39 is 0 Å². The molecule has 0 unspecified atom stereocenters. The highest BCUT2D eigenvalue weighted by Gasteiger charge is 2.19. The van der Waals surface area contributed by atoms with Gasteiger partial charge in [0.05, 0.1) is 0 Å². The van der Waals surface area contributed by atoms with E-state index in [0.717, 1.165) is 17.8 Å².